The number of imidazole rings is 1. The van der Waals surface area contributed by atoms with Crippen LogP contribution >= 0.6 is 0 Å². The molecule has 0 aliphatic carbocycles. The van der Waals surface area contributed by atoms with Crippen LogP contribution in [0.4, 0.5) is 5.95 Å². The third-order valence-electron chi connectivity index (χ3n) is 5.20. The number of aromatic nitrogens is 2. The van der Waals surface area contributed by atoms with Gasteiger partial charge in [-0.3, -0.25) is 4.79 Å². The molecule has 5 nitrogen and oxygen atoms in total. The molecule has 0 atom stereocenters. The van der Waals surface area contributed by atoms with Crippen molar-refractivity contribution < 1.29 is 9.53 Å². The topological polar surface area (TPSA) is 47.4 Å². The third kappa shape index (κ3) is 3.37. The first kappa shape index (κ1) is 17.8. The molecular formula is C20H29N3O2. The maximum Gasteiger partial charge on any atom is 0.309 e. The molecule has 25 heavy (non-hydrogen) atoms. The molecule has 0 saturated carbocycles. The van der Waals surface area contributed by atoms with Gasteiger partial charge in [0.1, 0.15) is 0 Å². The fourth-order valence-electron chi connectivity index (χ4n) is 3.65. The Morgan fingerprint density at radius 2 is 1.88 bits per heavy atom. The molecule has 0 bridgehead atoms. The Morgan fingerprint density at radius 1 is 1.24 bits per heavy atom. The van der Waals surface area contributed by atoms with Gasteiger partial charge in [-0.2, -0.15) is 0 Å². The van der Waals surface area contributed by atoms with E-state index >= 15 is 0 Å². The Labute approximate surface area is 150 Å². The van der Waals surface area contributed by atoms with Crippen LogP contribution in [0.15, 0.2) is 12.1 Å². The number of anilines is 1. The van der Waals surface area contributed by atoms with Gasteiger partial charge in [-0.15, -0.1) is 0 Å². The van der Waals surface area contributed by atoms with Gasteiger partial charge in [0.2, 0.25) is 5.95 Å². The summed E-state index contributed by atoms with van der Waals surface area (Å²) in [6.45, 7) is 12.7. The predicted molar refractivity (Wildman–Crippen MR) is 101 cm³/mol. The molecule has 1 saturated heterocycles. The molecule has 3 rings (SSSR count). The minimum Gasteiger partial charge on any atom is -0.466 e. The van der Waals surface area contributed by atoms with Gasteiger partial charge in [0.15, 0.2) is 0 Å². The van der Waals surface area contributed by atoms with Crippen molar-refractivity contribution in [2.24, 2.45) is 5.92 Å². The van der Waals surface area contributed by atoms with E-state index < -0.39 is 0 Å². The number of esters is 1. The molecule has 2 heterocycles. The number of hydrogen-bond donors (Lipinski definition) is 0. The van der Waals surface area contributed by atoms with Crippen LogP contribution in [0, 0.1) is 19.8 Å². The summed E-state index contributed by atoms with van der Waals surface area (Å²) in [4.78, 5) is 19.2. The van der Waals surface area contributed by atoms with Gasteiger partial charge in [-0.05, 0) is 70.7 Å². The number of aryl methyl sites for hydroxylation is 2. The van der Waals surface area contributed by atoms with E-state index in [1.165, 1.54) is 16.6 Å². The van der Waals surface area contributed by atoms with E-state index in [4.69, 9.17) is 9.72 Å². The Morgan fingerprint density at radius 3 is 2.48 bits per heavy atom. The number of carbonyl (C=O) groups is 1. The van der Waals surface area contributed by atoms with E-state index in [9.17, 15) is 4.79 Å². The summed E-state index contributed by atoms with van der Waals surface area (Å²) in [6, 6.07) is 4.76. The lowest BCUT2D eigenvalue weighted by atomic mass is 9.97. The molecule has 0 radical (unpaired) electrons. The van der Waals surface area contributed by atoms with Crippen LogP contribution in [-0.2, 0) is 9.53 Å². The first-order valence-electron chi connectivity index (χ1n) is 9.33. The minimum absolute atomic E-state index is 0.0255. The Bertz CT molecular complexity index is 771. The van der Waals surface area contributed by atoms with Crippen molar-refractivity contribution in [1.29, 1.82) is 0 Å². The molecule has 2 aromatic rings. The van der Waals surface area contributed by atoms with Crippen LogP contribution in [-0.4, -0.2) is 35.2 Å². The van der Waals surface area contributed by atoms with Crippen molar-refractivity contribution in [3.63, 3.8) is 0 Å². The van der Waals surface area contributed by atoms with E-state index in [-0.39, 0.29) is 11.9 Å². The molecule has 1 aliphatic rings. The van der Waals surface area contributed by atoms with Gasteiger partial charge in [-0.1, -0.05) is 0 Å². The molecule has 0 N–H and O–H groups in total. The maximum absolute atomic E-state index is 12.0. The number of hydrogen-bond acceptors (Lipinski definition) is 4. The maximum atomic E-state index is 12.0. The van der Waals surface area contributed by atoms with Crippen LogP contribution in [0.5, 0.6) is 0 Å². The van der Waals surface area contributed by atoms with Gasteiger partial charge in [0.25, 0.3) is 0 Å². The number of piperidine rings is 1. The largest absolute Gasteiger partial charge is 0.466 e. The summed E-state index contributed by atoms with van der Waals surface area (Å²) in [7, 11) is 0. The SMILES string of the molecule is CCOC(=O)C1CCN(c2nc3cc(C)c(C)cc3n2C(C)C)CC1. The normalized spacial score (nSPS) is 16.0. The molecule has 5 heteroatoms. The average molecular weight is 343 g/mol. The van der Waals surface area contributed by atoms with Gasteiger partial charge in [-0.25, -0.2) is 4.98 Å². The van der Waals surface area contributed by atoms with Crippen molar-refractivity contribution in [2.75, 3.05) is 24.6 Å². The standard InChI is InChI=1S/C20H29N3O2/c1-6-25-19(24)16-7-9-22(10-8-16)20-21-17-11-14(4)15(5)12-18(17)23(20)13(2)3/h11-13,16H,6-10H2,1-5H3. The Balaban J connectivity index is 1.89. The van der Waals surface area contributed by atoms with E-state index in [1.54, 1.807) is 0 Å². The molecule has 1 fully saturated rings. The number of rotatable bonds is 4. The van der Waals surface area contributed by atoms with Gasteiger partial charge in [0, 0.05) is 19.1 Å². The smallest absolute Gasteiger partial charge is 0.309 e. The number of ether oxygens (including phenoxy) is 1. The summed E-state index contributed by atoms with van der Waals surface area (Å²) in [5.41, 5.74) is 4.82. The van der Waals surface area contributed by atoms with Crippen LogP contribution in [0.2, 0.25) is 0 Å². The highest BCUT2D eigenvalue weighted by molar-refractivity contribution is 5.81. The Hall–Kier alpha value is -2.04. The summed E-state index contributed by atoms with van der Waals surface area (Å²) < 4.78 is 7.51. The lowest BCUT2D eigenvalue weighted by Gasteiger charge is -2.32. The van der Waals surface area contributed by atoms with Crippen molar-refractivity contribution in [2.45, 2.75) is 53.5 Å². The zero-order valence-corrected chi connectivity index (χ0v) is 16.0. The second-order valence-corrected chi connectivity index (χ2v) is 7.31. The number of carbonyl (C=O) groups excluding carboxylic acids is 1. The molecule has 1 aromatic carbocycles. The van der Waals surface area contributed by atoms with Gasteiger partial charge in [0.05, 0.1) is 23.6 Å². The summed E-state index contributed by atoms with van der Waals surface area (Å²) in [5, 5.41) is 0. The van der Waals surface area contributed by atoms with Crippen LogP contribution < -0.4 is 4.90 Å². The first-order chi connectivity index (χ1) is 11.9. The van der Waals surface area contributed by atoms with Crippen LogP contribution in [0.3, 0.4) is 0 Å². The first-order valence-corrected chi connectivity index (χ1v) is 9.33. The molecular weight excluding hydrogens is 314 g/mol. The fourth-order valence-corrected chi connectivity index (χ4v) is 3.65. The summed E-state index contributed by atoms with van der Waals surface area (Å²) in [5.74, 6) is 1.00. The van der Waals surface area contributed by atoms with Crippen molar-refractivity contribution >= 4 is 23.0 Å². The second kappa shape index (κ2) is 7.06. The van der Waals surface area contributed by atoms with E-state index in [0.717, 1.165) is 37.4 Å². The number of benzene rings is 1. The number of nitrogens with zero attached hydrogens (tertiary/aromatic N) is 3. The van der Waals surface area contributed by atoms with E-state index in [2.05, 4.69) is 49.3 Å². The number of fused-ring (bicyclic) bond motifs is 1. The highest BCUT2D eigenvalue weighted by Gasteiger charge is 2.29. The molecule has 1 aliphatic heterocycles. The predicted octanol–water partition coefficient (Wildman–Crippen LogP) is 4.01. The molecule has 136 valence electrons. The fraction of sp³-hybridized carbons (Fsp3) is 0.600. The molecule has 0 amide bonds. The zero-order chi connectivity index (χ0) is 18.1. The quantitative estimate of drug-likeness (QED) is 0.787. The van der Waals surface area contributed by atoms with Crippen molar-refractivity contribution in [3.8, 4) is 0 Å². The summed E-state index contributed by atoms with van der Waals surface area (Å²) in [6.07, 6.45) is 1.66. The molecule has 0 unspecified atom stereocenters. The lowest BCUT2D eigenvalue weighted by molar-refractivity contribution is -0.148. The van der Waals surface area contributed by atoms with Crippen molar-refractivity contribution in [1.82, 2.24) is 9.55 Å². The average Bonchev–Trinajstić information content (AvgIpc) is 2.94. The Kier molecular flexibility index (Phi) is 5.02. The highest BCUT2D eigenvalue weighted by atomic mass is 16.5. The van der Waals surface area contributed by atoms with E-state index in [0.29, 0.717) is 12.6 Å². The van der Waals surface area contributed by atoms with Crippen molar-refractivity contribution in [3.05, 3.63) is 23.3 Å². The summed E-state index contributed by atoms with van der Waals surface area (Å²) >= 11 is 0. The lowest BCUT2D eigenvalue weighted by Crippen LogP contribution is -2.38. The monoisotopic (exact) mass is 343 g/mol. The highest BCUT2D eigenvalue weighted by Crippen LogP contribution is 2.31. The van der Waals surface area contributed by atoms with Crippen LogP contribution in [0.1, 0.15) is 50.8 Å². The van der Waals surface area contributed by atoms with E-state index in [1.807, 2.05) is 6.92 Å². The van der Waals surface area contributed by atoms with Gasteiger partial charge < -0.3 is 14.2 Å². The minimum atomic E-state index is -0.0502. The third-order valence-corrected chi connectivity index (χ3v) is 5.20. The zero-order valence-electron chi connectivity index (χ0n) is 16.0. The second-order valence-electron chi connectivity index (χ2n) is 7.31. The molecule has 0 spiro atoms. The molecule has 1 aromatic heterocycles. The van der Waals surface area contributed by atoms with Crippen LogP contribution in [0.25, 0.3) is 11.0 Å². The van der Waals surface area contributed by atoms with Gasteiger partial charge >= 0.3 is 5.97 Å².